The van der Waals surface area contributed by atoms with E-state index in [1.54, 1.807) is 4.90 Å². The number of likely N-dealkylation sites (tertiary alicyclic amines) is 1. The quantitative estimate of drug-likeness (QED) is 0.854. The molecular formula is C21H32N2O4. The van der Waals surface area contributed by atoms with Gasteiger partial charge in [-0.25, -0.2) is 9.59 Å². The SMILES string of the molecule is C[C@H](NC(=O)OC(C)(C)C)[C@H]1[C@H](c2ccccc2)CN1C(=O)OC(C)(C)C. The van der Waals surface area contributed by atoms with Gasteiger partial charge in [-0.15, -0.1) is 0 Å². The largest absolute Gasteiger partial charge is 0.444 e. The van der Waals surface area contributed by atoms with Crippen molar-refractivity contribution in [3.63, 3.8) is 0 Å². The first-order chi connectivity index (χ1) is 12.4. The molecule has 1 aliphatic heterocycles. The smallest absolute Gasteiger partial charge is 0.410 e. The number of rotatable bonds is 3. The van der Waals surface area contributed by atoms with Gasteiger partial charge in [0.15, 0.2) is 0 Å². The number of benzene rings is 1. The third kappa shape index (κ3) is 5.88. The van der Waals surface area contributed by atoms with E-state index < -0.39 is 17.3 Å². The van der Waals surface area contributed by atoms with Crippen LogP contribution in [-0.2, 0) is 9.47 Å². The van der Waals surface area contributed by atoms with Crippen LogP contribution in [0.1, 0.15) is 59.9 Å². The number of hydrogen-bond donors (Lipinski definition) is 1. The van der Waals surface area contributed by atoms with E-state index in [1.165, 1.54) is 0 Å². The van der Waals surface area contributed by atoms with Gasteiger partial charge >= 0.3 is 12.2 Å². The van der Waals surface area contributed by atoms with Gasteiger partial charge in [0.2, 0.25) is 0 Å². The van der Waals surface area contributed by atoms with Crippen molar-refractivity contribution >= 4 is 12.2 Å². The van der Waals surface area contributed by atoms with Crippen molar-refractivity contribution in [1.29, 1.82) is 0 Å². The van der Waals surface area contributed by atoms with Crippen LogP contribution in [0, 0.1) is 0 Å². The van der Waals surface area contributed by atoms with Gasteiger partial charge in [-0.05, 0) is 54.0 Å². The first kappa shape index (κ1) is 21.1. The maximum absolute atomic E-state index is 12.6. The zero-order valence-electron chi connectivity index (χ0n) is 17.4. The van der Waals surface area contributed by atoms with Gasteiger partial charge in [0.25, 0.3) is 0 Å². The summed E-state index contributed by atoms with van der Waals surface area (Å²) < 4.78 is 10.9. The van der Waals surface area contributed by atoms with Crippen LogP contribution < -0.4 is 5.32 Å². The van der Waals surface area contributed by atoms with Crippen molar-refractivity contribution in [3.05, 3.63) is 35.9 Å². The van der Waals surface area contributed by atoms with Crippen LogP contribution in [-0.4, -0.2) is 46.9 Å². The summed E-state index contributed by atoms with van der Waals surface area (Å²) in [6, 6.07) is 9.53. The molecule has 1 fully saturated rings. The summed E-state index contributed by atoms with van der Waals surface area (Å²) in [6.07, 6.45) is -0.852. The summed E-state index contributed by atoms with van der Waals surface area (Å²) in [7, 11) is 0. The average molecular weight is 376 g/mol. The second-order valence-corrected chi connectivity index (χ2v) is 9.08. The zero-order chi connectivity index (χ0) is 20.4. The summed E-state index contributed by atoms with van der Waals surface area (Å²) in [5.41, 5.74) is -0.00542. The lowest BCUT2D eigenvalue weighted by molar-refractivity contribution is -0.0231. The Kier molecular flexibility index (Phi) is 6.07. The first-order valence-corrected chi connectivity index (χ1v) is 9.41. The molecule has 2 rings (SSSR count). The molecule has 3 atom stereocenters. The minimum Gasteiger partial charge on any atom is -0.444 e. The lowest BCUT2D eigenvalue weighted by Gasteiger charge is -2.50. The Hall–Kier alpha value is -2.24. The summed E-state index contributed by atoms with van der Waals surface area (Å²) in [6.45, 7) is 13.4. The van der Waals surface area contributed by atoms with Gasteiger partial charge in [0, 0.05) is 12.5 Å². The molecule has 0 aliphatic carbocycles. The first-order valence-electron chi connectivity index (χ1n) is 9.41. The molecule has 1 aromatic rings. The van der Waals surface area contributed by atoms with Crippen LogP contribution in [0.4, 0.5) is 9.59 Å². The molecule has 150 valence electrons. The van der Waals surface area contributed by atoms with Crippen LogP contribution in [0.3, 0.4) is 0 Å². The summed E-state index contributed by atoms with van der Waals surface area (Å²) >= 11 is 0. The highest BCUT2D eigenvalue weighted by molar-refractivity contribution is 5.72. The van der Waals surface area contributed by atoms with Crippen LogP contribution in [0.25, 0.3) is 0 Å². The van der Waals surface area contributed by atoms with E-state index in [2.05, 4.69) is 5.32 Å². The van der Waals surface area contributed by atoms with Crippen molar-refractivity contribution < 1.29 is 19.1 Å². The Balaban J connectivity index is 2.15. The molecule has 1 heterocycles. The topological polar surface area (TPSA) is 67.9 Å². The Morgan fingerprint density at radius 2 is 1.59 bits per heavy atom. The summed E-state index contributed by atoms with van der Waals surface area (Å²) in [5, 5.41) is 2.88. The van der Waals surface area contributed by atoms with Crippen LogP contribution >= 0.6 is 0 Å². The summed E-state index contributed by atoms with van der Waals surface area (Å²) in [5.74, 6) is 0.128. The Morgan fingerprint density at radius 1 is 1.04 bits per heavy atom. The average Bonchev–Trinajstić information content (AvgIpc) is 2.42. The number of hydrogen-bond acceptors (Lipinski definition) is 4. The molecule has 1 aromatic carbocycles. The Morgan fingerprint density at radius 3 is 2.11 bits per heavy atom. The van der Waals surface area contributed by atoms with E-state index in [1.807, 2.05) is 78.8 Å². The van der Waals surface area contributed by atoms with Crippen molar-refractivity contribution in [2.75, 3.05) is 6.54 Å². The van der Waals surface area contributed by atoms with Crippen LogP contribution in [0.2, 0.25) is 0 Å². The molecule has 1 saturated heterocycles. The molecule has 6 nitrogen and oxygen atoms in total. The molecule has 1 N–H and O–H groups in total. The molecule has 0 unspecified atom stereocenters. The normalized spacial score (nSPS) is 21.1. The molecule has 0 spiro atoms. The van der Waals surface area contributed by atoms with Crippen molar-refractivity contribution in [3.8, 4) is 0 Å². The second kappa shape index (κ2) is 7.79. The third-order valence-electron chi connectivity index (χ3n) is 4.28. The molecule has 6 heteroatoms. The van der Waals surface area contributed by atoms with E-state index in [9.17, 15) is 9.59 Å². The standard InChI is InChI=1S/C21H32N2O4/c1-14(22-18(24)26-20(2,3)4)17-16(15-11-9-8-10-12-15)13-23(17)19(25)27-21(5,6)7/h8-12,14,16-17H,13H2,1-7H3,(H,22,24)/t14-,16-,17-/m0/s1. The van der Waals surface area contributed by atoms with E-state index in [4.69, 9.17) is 9.47 Å². The number of nitrogens with zero attached hydrogens (tertiary/aromatic N) is 1. The summed E-state index contributed by atoms with van der Waals surface area (Å²) in [4.78, 5) is 26.5. The van der Waals surface area contributed by atoms with Crippen molar-refractivity contribution in [2.45, 2.75) is 77.7 Å². The monoisotopic (exact) mass is 376 g/mol. The van der Waals surface area contributed by atoms with Crippen molar-refractivity contribution in [1.82, 2.24) is 10.2 Å². The van der Waals surface area contributed by atoms with Gasteiger partial charge in [-0.2, -0.15) is 0 Å². The van der Waals surface area contributed by atoms with E-state index >= 15 is 0 Å². The fourth-order valence-electron chi connectivity index (χ4n) is 3.24. The Bertz CT molecular complexity index is 661. The number of amides is 2. The van der Waals surface area contributed by atoms with Crippen LogP contribution in [0.5, 0.6) is 0 Å². The van der Waals surface area contributed by atoms with E-state index in [0.717, 1.165) is 5.56 Å². The predicted molar refractivity (Wildman–Crippen MR) is 105 cm³/mol. The van der Waals surface area contributed by atoms with Gasteiger partial charge in [0.1, 0.15) is 11.2 Å². The lowest BCUT2D eigenvalue weighted by atomic mass is 9.79. The molecule has 0 radical (unpaired) electrons. The number of carbonyl (C=O) groups is 2. The van der Waals surface area contributed by atoms with E-state index in [-0.39, 0.29) is 24.1 Å². The highest BCUT2D eigenvalue weighted by Crippen LogP contribution is 2.37. The predicted octanol–water partition coefficient (Wildman–Crippen LogP) is 4.30. The highest BCUT2D eigenvalue weighted by atomic mass is 16.6. The molecule has 2 amide bonds. The Labute approximate surface area is 162 Å². The molecule has 0 bridgehead atoms. The molecular weight excluding hydrogens is 344 g/mol. The maximum atomic E-state index is 12.6. The maximum Gasteiger partial charge on any atom is 0.410 e. The number of alkyl carbamates (subject to hydrolysis) is 1. The minimum absolute atomic E-state index is 0.128. The zero-order valence-corrected chi connectivity index (χ0v) is 17.4. The fourth-order valence-corrected chi connectivity index (χ4v) is 3.24. The number of carbonyl (C=O) groups excluding carboxylic acids is 2. The van der Waals surface area contributed by atoms with Crippen molar-refractivity contribution in [2.24, 2.45) is 0 Å². The minimum atomic E-state index is -0.576. The van der Waals surface area contributed by atoms with Crippen LogP contribution in [0.15, 0.2) is 30.3 Å². The molecule has 0 saturated carbocycles. The third-order valence-corrected chi connectivity index (χ3v) is 4.28. The number of nitrogens with one attached hydrogen (secondary N) is 1. The molecule has 1 aliphatic rings. The van der Waals surface area contributed by atoms with Gasteiger partial charge in [-0.3, -0.25) is 0 Å². The van der Waals surface area contributed by atoms with Gasteiger partial charge in [0.05, 0.1) is 12.1 Å². The fraction of sp³-hybridized carbons (Fsp3) is 0.619. The highest BCUT2D eigenvalue weighted by Gasteiger charge is 2.47. The van der Waals surface area contributed by atoms with E-state index in [0.29, 0.717) is 6.54 Å². The molecule has 0 aromatic heterocycles. The molecule has 27 heavy (non-hydrogen) atoms. The number of ether oxygens (including phenoxy) is 2. The lowest BCUT2D eigenvalue weighted by Crippen LogP contribution is -2.65. The van der Waals surface area contributed by atoms with Gasteiger partial charge in [-0.1, -0.05) is 30.3 Å². The second-order valence-electron chi connectivity index (χ2n) is 9.08. The van der Waals surface area contributed by atoms with Gasteiger partial charge < -0.3 is 19.7 Å².